The third-order valence-electron chi connectivity index (χ3n) is 5.49. The summed E-state index contributed by atoms with van der Waals surface area (Å²) >= 11 is 1.39. The maximum atomic E-state index is 12.4. The van der Waals surface area contributed by atoms with Crippen LogP contribution in [0.25, 0.3) is 16.8 Å². The number of phenols is 1. The van der Waals surface area contributed by atoms with Crippen molar-refractivity contribution in [3.63, 3.8) is 0 Å². The number of aromatic hydroxyl groups is 1. The number of carbonyl (C=O) groups is 1. The number of fused-ring (bicyclic) bond motifs is 1. The minimum absolute atomic E-state index is 0.163. The van der Waals surface area contributed by atoms with Gasteiger partial charge in [0.15, 0.2) is 5.17 Å². The lowest BCUT2D eigenvalue weighted by molar-refractivity contribution is -0.113. The van der Waals surface area contributed by atoms with Crippen molar-refractivity contribution in [2.45, 2.75) is 0 Å². The number of hydrogen-bond acceptors (Lipinski definition) is 5. The predicted molar refractivity (Wildman–Crippen MR) is 124 cm³/mol. The summed E-state index contributed by atoms with van der Waals surface area (Å²) in [5, 5.41) is 13.2. The highest BCUT2D eigenvalue weighted by Gasteiger charge is 2.29. The molecule has 0 spiro atoms. The summed E-state index contributed by atoms with van der Waals surface area (Å²) in [6.07, 6.45) is 1.71. The van der Waals surface area contributed by atoms with Crippen LogP contribution in [0.4, 0.5) is 5.69 Å². The zero-order valence-electron chi connectivity index (χ0n) is 16.4. The minimum atomic E-state index is -0.241. The largest absolute Gasteiger partial charge is 0.507 e. The Morgan fingerprint density at radius 1 is 0.867 bits per heavy atom. The second-order valence-corrected chi connectivity index (χ2v) is 8.35. The first-order chi connectivity index (χ1) is 14.7. The van der Waals surface area contributed by atoms with Crippen LogP contribution in [0.5, 0.6) is 5.75 Å². The molecule has 0 aromatic heterocycles. The summed E-state index contributed by atoms with van der Waals surface area (Å²) in [4.78, 5) is 21.8. The first kappa shape index (κ1) is 18.8. The number of para-hydroxylation sites is 1. The van der Waals surface area contributed by atoms with Crippen molar-refractivity contribution in [3.8, 4) is 5.75 Å². The normalized spacial score (nSPS) is 18.3. The fourth-order valence-corrected chi connectivity index (χ4v) is 4.86. The first-order valence-corrected chi connectivity index (χ1v) is 10.8. The third-order valence-corrected chi connectivity index (χ3v) is 6.53. The molecular formula is C24H21N3O2S. The number of amidine groups is 1. The molecule has 0 aliphatic carbocycles. The van der Waals surface area contributed by atoms with E-state index >= 15 is 0 Å². The number of rotatable bonds is 2. The Morgan fingerprint density at radius 2 is 1.57 bits per heavy atom. The van der Waals surface area contributed by atoms with Gasteiger partial charge in [-0.05, 0) is 35.4 Å². The van der Waals surface area contributed by atoms with Gasteiger partial charge in [0, 0.05) is 42.8 Å². The molecule has 150 valence electrons. The summed E-state index contributed by atoms with van der Waals surface area (Å²) < 4.78 is 0. The fraction of sp³-hybridized carbons (Fsp3) is 0.167. The molecule has 2 heterocycles. The topological polar surface area (TPSA) is 56.1 Å². The van der Waals surface area contributed by atoms with E-state index in [-0.39, 0.29) is 11.7 Å². The van der Waals surface area contributed by atoms with Gasteiger partial charge in [0.25, 0.3) is 5.91 Å². The predicted octanol–water partition coefficient (Wildman–Crippen LogP) is 4.34. The van der Waals surface area contributed by atoms with E-state index in [9.17, 15) is 9.90 Å². The number of amides is 1. The molecule has 1 saturated heterocycles. The average Bonchev–Trinajstić information content (AvgIpc) is 3.15. The third kappa shape index (κ3) is 3.55. The lowest BCUT2D eigenvalue weighted by Crippen LogP contribution is -2.47. The molecule has 2 aliphatic rings. The van der Waals surface area contributed by atoms with Crippen molar-refractivity contribution in [2.24, 2.45) is 4.99 Å². The molecule has 3 aromatic rings. The quantitative estimate of drug-likeness (QED) is 0.631. The molecule has 5 nitrogen and oxygen atoms in total. The van der Waals surface area contributed by atoms with E-state index in [2.05, 4.69) is 57.3 Å². The summed E-state index contributed by atoms with van der Waals surface area (Å²) in [6, 6.07) is 21.9. The van der Waals surface area contributed by atoms with Crippen molar-refractivity contribution in [1.29, 1.82) is 0 Å². The number of piperazine rings is 1. The highest BCUT2D eigenvalue weighted by molar-refractivity contribution is 8.18. The van der Waals surface area contributed by atoms with Crippen LogP contribution in [0.3, 0.4) is 0 Å². The highest BCUT2D eigenvalue weighted by atomic mass is 32.2. The summed E-state index contributed by atoms with van der Waals surface area (Å²) in [6.45, 7) is 3.37. The van der Waals surface area contributed by atoms with Crippen LogP contribution in [0.15, 0.2) is 76.6 Å². The van der Waals surface area contributed by atoms with Gasteiger partial charge in [0.05, 0.1) is 4.91 Å². The molecule has 5 rings (SSSR count). The van der Waals surface area contributed by atoms with Crippen LogP contribution in [0.1, 0.15) is 5.56 Å². The molecule has 1 amide bonds. The standard InChI is InChI=1S/C24H21N3O2S/c28-21-11-4-2-7-18(21)16-22-23(29)25-24(30-22)27-14-12-26(13-15-27)20-10-5-8-17-6-1-3-9-19(17)20/h1-11,16,28H,12-15H2/b22-16-. The number of hydrogen-bond donors (Lipinski definition) is 1. The Kier molecular flexibility index (Phi) is 4.93. The first-order valence-electron chi connectivity index (χ1n) is 9.97. The average molecular weight is 416 g/mol. The molecule has 1 fully saturated rings. The van der Waals surface area contributed by atoms with Crippen LogP contribution < -0.4 is 4.90 Å². The van der Waals surface area contributed by atoms with Gasteiger partial charge in [-0.3, -0.25) is 4.79 Å². The minimum Gasteiger partial charge on any atom is -0.507 e. The molecule has 0 saturated carbocycles. The highest BCUT2D eigenvalue weighted by Crippen LogP contribution is 2.33. The van der Waals surface area contributed by atoms with Crippen molar-refractivity contribution in [1.82, 2.24) is 4.90 Å². The number of nitrogens with zero attached hydrogens (tertiary/aromatic N) is 3. The Labute approximate surface area is 179 Å². The molecule has 0 radical (unpaired) electrons. The van der Waals surface area contributed by atoms with Gasteiger partial charge < -0.3 is 14.9 Å². The zero-order chi connectivity index (χ0) is 20.5. The second kappa shape index (κ2) is 7.88. The number of phenolic OH excluding ortho intramolecular Hbond substituents is 1. The van der Waals surface area contributed by atoms with Gasteiger partial charge in [-0.15, -0.1) is 0 Å². The molecule has 6 heteroatoms. The maximum absolute atomic E-state index is 12.4. The molecule has 0 atom stereocenters. The van der Waals surface area contributed by atoms with E-state index in [0.717, 1.165) is 31.3 Å². The molecule has 30 heavy (non-hydrogen) atoms. The summed E-state index contributed by atoms with van der Waals surface area (Å²) in [7, 11) is 0. The van der Waals surface area contributed by atoms with E-state index in [1.165, 1.54) is 28.2 Å². The van der Waals surface area contributed by atoms with Gasteiger partial charge >= 0.3 is 0 Å². The summed E-state index contributed by atoms with van der Waals surface area (Å²) in [5.41, 5.74) is 1.88. The molecule has 1 N–H and O–H groups in total. The van der Waals surface area contributed by atoms with Gasteiger partial charge in [-0.1, -0.05) is 54.6 Å². The zero-order valence-corrected chi connectivity index (χ0v) is 17.2. The Hall–Kier alpha value is -3.25. The molecule has 2 aliphatic heterocycles. The molecule has 0 unspecified atom stereocenters. The monoisotopic (exact) mass is 415 g/mol. The lowest BCUT2D eigenvalue weighted by Gasteiger charge is -2.37. The van der Waals surface area contributed by atoms with Crippen molar-refractivity contribution in [3.05, 3.63) is 77.2 Å². The van der Waals surface area contributed by atoms with Crippen LogP contribution >= 0.6 is 11.8 Å². The number of benzene rings is 3. The SMILES string of the molecule is O=C1N=C(N2CCN(c3cccc4ccccc34)CC2)S/C1=C\c1ccccc1O. The number of thioether (sulfide) groups is 1. The lowest BCUT2D eigenvalue weighted by atomic mass is 10.1. The number of carbonyl (C=O) groups excluding carboxylic acids is 1. The van der Waals surface area contributed by atoms with Crippen molar-refractivity contribution >= 4 is 45.4 Å². The van der Waals surface area contributed by atoms with E-state index in [1.807, 2.05) is 6.07 Å². The van der Waals surface area contributed by atoms with Gasteiger partial charge in [-0.25, -0.2) is 0 Å². The van der Waals surface area contributed by atoms with E-state index in [0.29, 0.717) is 10.5 Å². The van der Waals surface area contributed by atoms with Crippen LogP contribution in [-0.2, 0) is 4.79 Å². The van der Waals surface area contributed by atoms with E-state index in [1.54, 1.807) is 24.3 Å². The molecule has 3 aromatic carbocycles. The van der Waals surface area contributed by atoms with Gasteiger partial charge in [0.1, 0.15) is 5.75 Å². The molecule has 0 bridgehead atoms. The second-order valence-electron chi connectivity index (χ2n) is 7.34. The van der Waals surface area contributed by atoms with Gasteiger partial charge in [-0.2, -0.15) is 4.99 Å². The Morgan fingerprint density at radius 3 is 2.40 bits per heavy atom. The fourth-order valence-electron chi connectivity index (χ4n) is 3.91. The Bertz CT molecular complexity index is 1170. The van der Waals surface area contributed by atoms with E-state index in [4.69, 9.17) is 0 Å². The number of aliphatic imine (C=N–C) groups is 1. The summed E-state index contributed by atoms with van der Waals surface area (Å²) in [5.74, 6) is -0.0784. The van der Waals surface area contributed by atoms with Gasteiger partial charge in [0.2, 0.25) is 0 Å². The molecular weight excluding hydrogens is 394 g/mol. The van der Waals surface area contributed by atoms with Crippen molar-refractivity contribution < 1.29 is 9.90 Å². The van der Waals surface area contributed by atoms with Crippen LogP contribution in [0, 0.1) is 0 Å². The maximum Gasteiger partial charge on any atom is 0.286 e. The van der Waals surface area contributed by atoms with Crippen molar-refractivity contribution in [2.75, 3.05) is 31.1 Å². The van der Waals surface area contributed by atoms with Crippen LogP contribution in [-0.4, -0.2) is 47.3 Å². The smallest absolute Gasteiger partial charge is 0.286 e. The number of anilines is 1. The van der Waals surface area contributed by atoms with Crippen LogP contribution in [0.2, 0.25) is 0 Å². The van der Waals surface area contributed by atoms with E-state index < -0.39 is 0 Å². The Balaban J connectivity index is 1.29.